The molecule has 0 fully saturated rings. The smallest absolute Gasteiger partial charge is 0.314 e. The van der Waals surface area contributed by atoms with Crippen molar-refractivity contribution in [2.24, 2.45) is 5.92 Å². The van der Waals surface area contributed by atoms with Crippen LogP contribution >= 0.6 is 11.8 Å². The van der Waals surface area contributed by atoms with Crippen LogP contribution < -0.4 is 0 Å². The van der Waals surface area contributed by atoms with Crippen LogP contribution in [0.15, 0.2) is 11.5 Å². The minimum atomic E-state index is -0.363. The van der Waals surface area contributed by atoms with E-state index in [0.29, 0.717) is 0 Å². The Bertz CT molecular complexity index is 203. The molecule has 0 radical (unpaired) electrons. The van der Waals surface area contributed by atoms with E-state index in [4.69, 9.17) is 4.74 Å². The lowest BCUT2D eigenvalue weighted by atomic mass is 10.1. The van der Waals surface area contributed by atoms with Crippen LogP contribution in [0.5, 0.6) is 0 Å². The highest BCUT2D eigenvalue weighted by atomic mass is 32.2. The van der Waals surface area contributed by atoms with Crippen LogP contribution in [0.4, 0.5) is 0 Å². The number of carbonyl (C=O) groups excluding carboxylic acids is 1. The first-order valence-corrected chi connectivity index (χ1v) is 5.05. The number of ether oxygens (including phenoxy) is 1. The van der Waals surface area contributed by atoms with Crippen LogP contribution in [-0.4, -0.2) is 17.3 Å². The van der Waals surface area contributed by atoms with Gasteiger partial charge in [-0.2, -0.15) is 0 Å². The topological polar surface area (TPSA) is 26.3 Å². The maximum Gasteiger partial charge on any atom is 0.314 e. The van der Waals surface area contributed by atoms with E-state index in [2.05, 4.69) is 0 Å². The van der Waals surface area contributed by atoms with Gasteiger partial charge in [0, 0.05) is 5.75 Å². The summed E-state index contributed by atoms with van der Waals surface area (Å²) in [5, 5.41) is 1.95. The molecule has 2 nitrogen and oxygen atoms in total. The Labute approximate surface area is 77.4 Å². The van der Waals surface area contributed by atoms with Gasteiger partial charge in [0.2, 0.25) is 0 Å². The summed E-state index contributed by atoms with van der Waals surface area (Å²) in [7, 11) is 0. The van der Waals surface area contributed by atoms with Gasteiger partial charge in [-0.05, 0) is 26.2 Å². The average molecular weight is 186 g/mol. The van der Waals surface area contributed by atoms with Crippen molar-refractivity contribution >= 4 is 17.7 Å². The van der Waals surface area contributed by atoms with E-state index in [1.807, 2.05) is 32.3 Å². The second-order valence-electron chi connectivity index (χ2n) is 3.80. The van der Waals surface area contributed by atoms with E-state index in [-0.39, 0.29) is 17.5 Å². The highest BCUT2D eigenvalue weighted by Crippen LogP contribution is 2.23. The van der Waals surface area contributed by atoms with Gasteiger partial charge in [-0.3, -0.25) is 4.79 Å². The number of carbonyl (C=O) groups is 1. The van der Waals surface area contributed by atoms with Crippen molar-refractivity contribution in [3.63, 3.8) is 0 Å². The van der Waals surface area contributed by atoms with E-state index in [9.17, 15) is 4.79 Å². The molecule has 1 unspecified atom stereocenters. The van der Waals surface area contributed by atoms with E-state index >= 15 is 0 Å². The van der Waals surface area contributed by atoms with Gasteiger partial charge in [0.1, 0.15) is 5.60 Å². The first-order valence-electron chi connectivity index (χ1n) is 4.00. The summed E-state index contributed by atoms with van der Waals surface area (Å²) in [5.41, 5.74) is -0.363. The molecular weight excluding hydrogens is 172 g/mol. The first-order chi connectivity index (χ1) is 5.49. The van der Waals surface area contributed by atoms with Crippen LogP contribution in [0.1, 0.15) is 20.8 Å². The molecule has 1 aliphatic heterocycles. The summed E-state index contributed by atoms with van der Waals surface area (Å²) in [6.07, 6.45) is 1.90. The van der Waals surface area contributed by atoms with Crippen LogP contribution in [0.2, 0.25) is 0 Å². The van der Waals surface area contributed by atoms with Gasteiger partial charge in [-0.25, -0.2) is 0 Å². The number of hydrogen-bond acceptors (Lipinski definition) is 3. The first kappa shape index (κ1) is 9.65. The highest BCUT2D eigenvalue weighted by Gasteiger charge is 2.24. The number of thioether (sulfide) groups is 1. The van der Waals surface area contributed by atoms with E-state index in [0.717, 1.165) is 5.75 Å². The minimum Gasteiger partial charge on any atom is -0.459 e. The van der Waals surface area contributed by atoms with Crippen molar-refractivity contribution in [2.75, 3.05) is 5.75 Å². The predicted octanol–water partition coefficient (Wildman–Crippen LogP) is 2.20. The largest absolute Gasteiger partial charge is 0.459 e. The number of rotatable bonds is 1. The van der Waals surface area contributed by atoms with Gasteiger partial charge < -0.3 is 4.74 Å². The van der Waals surface area contributed by atoms with Crippen molar-refractivity contribution in [1.29, 1.82) is 0 Å². The molecule has 0 saturated heterocycles. The third kappa shape index (κ3) is 2.89. The summed E-state index contributed by atoms with van der Waals surface area (Å²) in [6, 6.07) is 0. The second kappa shape index (κ2) is 3.52. The van der Waals surface area contributed by atoms with Crippen LogP contribution in [0.25, 0.3) is 0 Å². The lowest BCUT2D eigenvalue weighted by molar-refractivity contribution is -0.157. The molecule has 0 aromatic rings. The fourth-order valence-electron chi connectivity index (χ4n) is 0.889. The molecule has 0 bridgehead atoms. The second-order valence-corrected chi connectivity index (χ2v) is 4.74. The zero-order valence-corrected chi connectivity index (χ0v) is 8.48. The molecule has 0 saturated carbocycles. The lowest BCUT2D eigenvalue weighted by Crippen LogP contribution is -2.28. The Morgan fingerprint density at radius 1 is 1.58 bits per heavy atom. The molecule has 0 aliphatic carbocycles. The quantitative estimate of drug-likeness (QED) is 0.587. The fraction of sp³-hybridized carbons (Fsp3) is 0.667. The third-order valence-corrected chi connectivity index (χ3v) is 2.29. The van der Waals surface area contributed by atoms with Gasteiger partial charge in [-0.15, -0.1) is 11.8 Å². The normalized spacial score (nSPS) is 22.8. The summed E-state index contributed by atoms with van der Waals surface area (Å²) in [4.78, 5) is 11.4. The summed E-state index contributed by atoms with van der Waals surface area (Å²) in [6.45, 7) is 5.66. The monoisotopic (exact) mass is 186 g/mol. The average Bonchev–Trinajstić information content (AvgIpc) is 2.32. The molecule has 68 valence electrons. The molecule has 1 rings (SSSR count). The maximum absolute atomic E-state index is 11.4. The van der Waals surface area contributed by atoms with Crippen LogP contribution in [0, 0.1) is 5.92 Å². The number of hydrogen-bond donors (Lipinski definition) is 0. The summed E-state index contributed by atoms with van der Waals surface area (Å²) in [5.74, 6) is 0.688. The van der Waals surface area contributed by atoms with Gasteiger partial charge in [-0.1, -0.05) is 6.08 Å². The predicted molar refractivity (Wildman–Crippen MR) is 50.9 cm³/mol. The van der Waals surface area contributed by atoms with Crippen molar-refractivity contribution in [1.82, 2.24) is 0 Å². The van der Waals surface area contributed by atoms with Crippen molar-refractivity contribution in [3.8, 4) is 0 Å². The zero-order chi connectivity index (χ0) is 9.19. The van der Waals surface area contributed by atoms with Crippen LogP contribution in [-0.2, 0) is 9.53 Å². The standard InChI is InChI=1S/C9H14O2S/c1-9(2,3)11-8(10)7-4-5-12-6-7/h4-5,7H,6H2,1-3H3. The highest BCUT2D eigenvalue weighted by molar-refractivity contribution is 8.02. The summed E-state index contributed by atoms with van der Waals surface area (Å²) >= 11 is 1.66. The molecule has 12 heavy (non-hydrogen) atoms. The van der Waals surface area contributed by atoms with Crippen molar-refractivity contribution in [3.05, 3.63) is 11.5 Å². The Hall–Kier alpha value is -0.440. The van der Waals surface area contributed by atoms with E-state index in [1.54, 1.807) is 11.8 Å². The van der Waals surface area contributed by atoms with Gasteiger partial charge >= 0.3 is 5.97 Å². The third-order valence-electron chi connectivity index (χ3n) is 1.39. The molecule has 0 aromatic heterocycles. The Morgan fingerprint density at radius 2 is 2.25 bits per heavy atom. The Morgan fingerprint density at radius 3 is 2.67 bits per heavy atom. The van der Waals surface area contributed by atoms with Gasteiger partial charge in [0.25, 0.3) is 0 Å². The molecule has 0 amide bonds. The molecule has 0 N–H and O–H groups in total. The van der Waals surface area contributed by atoms with Gasteiger partial charge in [0.05, 0.1) is 5.92 Å². The lowest BCUT2D eigenvalue weighted by Gasteiger charge is -2.21. The summed E-state index contributed by atoms with van der Waals surface area (Å²) < 4.78 is 5.22. The molecule has 0 spiro atoms. The molecule has 3 heteroatoms. The minimum absolute atomic E-state index is 0.0331. The zero-order valence-electron chi connectivity index (χ0n) is 7.66. The molecule has 1 atom stereocenters. The van der Waals surface area contributed by atoms with Gasteiger partial charge in [0.15, 0.2) is 0 Å². The van der Waals surface area contributed by atoms with E-state index in [1.165, 1.54) is 0 Å². The number of esters is 1. The Kier molecular flexibility index (Phi) is 2.83. The SMILES string of the molecule is CC(C)(C)OC(=O)C1C=CSC1. The van der Waals surface area contributed by atoms with E-state index < -0.39 is 0 Å². The van der Waals surface area contributed by atoms with Crippen LogP contribution in [0.3, 0.4) is 0 Å². The molecular formula is C9H14O2S. The molecule has 0 aromatic carbocycles. The van der Waals surface area contributed by atoms with Crippen molar-refractivity contribution < 1.29 is 9.53 Å². The van der Waals surface area contributed by atoms with Crippen molar-refractivity contribution in [2.45, 2.75) is 26.4 Å². The molecule has 1 aliphatic rings. The Balaban J connectivity index is 2.43. The fourth-order valence-corrected chi connectivity index (χ4v) is 1.76. The maximum atomic E-state index is 11.4. The molecule has 1 heterocycles.